The van der Waals surface area contributed by atoms with Gasteiger partial charge in [0.2, 0.25) is 5.82 Å². The van der Waals surface area contributed by atoms with E-state index in [0.717, 1.165) is 18.8 Å². The first-order valence-corrected chi connectivity index (χ1v) is 9.90. The highest BCUT2D eigenvalue weighted by molar-refractivity contribution is 5.94. The lowest BCUT2D eigenvalue weighted by molar-refractivity contribution is 0.0512. The Bertz CT molecular complexity index is 1080. The minimum absolute atomic E-state index is 0.0299. The summed E-state index contributed by atoms with van der Waals surface area (Å²) < 4.78 is 10.3. The maximum atomic E-state index is 12.2. The number of benzene rings is 1. The number of hydrogen-bond acceptors (Lipinski definition) is 9. The van der Waals surface area contributed by atoms with Gasteiger partial charge in [-0.1, -0.05) is 5.16 Å². The van der Waals surface area contributed by atoms with E-state index in [2.05, 4.69) is 24.9 Å². The maximum absolute atomic E-state index is 12.2. The Morgan fingerprint density at radius 3 is 2.37 bits per heavy atom. The molecule has 0 unspecified atom stereocenters. The second kappa shape index (κ2) is 8.10. The van der Waals surface area contributed by atoms with Gasteiger partial charge in [0.25, 0.3) is 5.71 Å². The monoisotopic (exact) mass is 409 g/mol. The average Bonchev–Trinajstić information content (AvgIpc) is 3.14. The third-order valence-electron chi connectivity index (χ3n) is 5.16. The summed E-state index contributed by atoms with van der Waals surface area (Å²) in [6.45, 7) is 8.31. The van der Waals surface area contributed by atoms with Crippen molar-refractivity contribution in [1.82, 2.24) is 15.1 Å². The van der Waals surface area contributed by atoms with Crippen LogP contribution in [0.2, 0.25) is 0 Å². The molecule has 9 nitrogen and oxygen atoms in total. The zero-order valence-corrected chi connectivity index (χ0v) is 17.2. The van der Waals surface area contributed by atoms with E-state index < -0.39 is 5.97 Å². The lowest BCUT2D eigenvalue weighted by atomic mass is 10.1. The van der Waals surface area contributed by atoms with Crippen LogP contribution < -0.4 is 9.80 Å². The molecule has 0 amide bonds. The van der Waals surface area contributed by atoms with Crippen molar-refractivity contribution in [2.45, 2.75) is 20.8 Å². The van der Waals surface area contributed by atoms with Crippen molar-refractivity contribution in [2.24, 2.45) is 0 Å². The molecule has 1 aromatic carbocycles. The number of aryl methyl sites for hydroxylation is 1. The molecule has 3 heterocycles. The fourth-order valence-electron chi connectivity index (χ4n) is 3.57. The molecule has 4 rings (SSSR count). The molecule has 3 aromatic rings. The van der Waals surface area contributed by atoms with Gasteiger partial charge < -0.3 is 19.1 Å². The number of carbonyl (C=O) groups is 2. The molecule has 1 aliphatic heterocycles. The maximum Gasteiger partial charge on any atom is 0.376 e. The van der Waals surface area contributed by atoms with Crippen LogP contribution in [0.3, 0.4) is 0 Å². The molecule has 2 aromatic heterocycles. The number of fused-ring (bicyclic) bond motifs is 1. The predicted molar refractivity (Wildman–Crippen MR) is 111 cm³/mol. The van der Waals surface area contributed by atoms with Crippen LogP contribution in [0.4, 0.5) is 11.5 Å². The minimum atomic E-state index is -0.584. The third kappa shape index (κ3) is 3.70. The molecule has 0 atom stereocenters. The van der Waals surface area contributed by atoms with Crippen LogP contribution in [0.1, 0.15) is 40.5 Å². The third-order valence-corrected chi connectivity index (χ3v) is 5.16. The largest absolute Gasteiger partial charge is 0.460 e. The number of anilines is 2. The van der Waals surface area contributed by atoms with Crippen molar-refractivity contribution < 1.29 is 18.8 Å². The van der Waals surface area contributed by atoms with Gasteiger partial charge in [-0.2, -0.15) is 4.98 Å². The molecule has 1 saturated heterocycles. The van der Waals surface area contributed by atoms with Gasteiger partial charge >= 0.3 is 5.97 Å². The highest BCUT2D eigenvalue weighted by atomic mass is 16.5. The van der Waals surface area contributed by atoms with E-state index in [-0.39, 0.29) is 23.9 Å². The van der Waals surface area contributed by atoms with E-state index in [0.29, 0.717) is 35.6 Å². The van der Waals surface area contributed by atoms with Crippen LogP contribution >= 0.6 is 0 Å². The Balaban J connectivity index is 1.57. The van der Waals surface area contributed by atoms with Crippen molar-refractivity contribution in [3.05, 3.63) is 41.3 Å². The summed E-state index contributed by atoms with van der Waals surface area (Å²) in [6.07, 6.45) is 0. The van der Waals surface area contributed by atoms with Gasteiger partial charge in [-0.05, 0) is 45.0 Å². The highest BCUT2D eigenvalue weighted by Gasteiger charge is 2.26. The summed E-state index contributed by atoms with van der Waals surface area (Å²) in [4.78, 5) is 36.7. The SMILES string of the molecule is CCOC(=O)c1nc(N2CCN(c3ccc(C(C)=O)cc3)CC2)c2c(C)noc2n1. The van der Waals surface area contributed by atoms with Crippen LogP contribution in [0.15, 0.2) is 28.8 Å². The Hall–Kier alpha value is -3.49. The Kier molecular flexibility index (Phi) is 5.35. The standard InChI is InChI=1S/C21H23N5O4/c1-4-29-21(28)18-22-19(17-13(2)24-30-20(17)23-18)26-11-9-25(10-12-26)16-7-5-15(6-8-16)14(3)27/h5-8H,4,9-12H2,1-3H3. The summed E-state index contributed by atoms with van der Waals surface area (Å²) in [5.74, 6) is 0.0747. The fourth-order valence-corrected chi connectivity index (χ4v) is 3.57. The summed E-state index contributed by atoms with van der Waals surface area (Å²) in [6, 6.07) is 7.64. The summed E-state index contributed by atoms with van der Waals surface area (Å²) in [7, 11) is 0. The molecule has 0 bridgehead atoms. The van der Waals surface area contributed by atoms with Crippen LogP contribution in [0.5, 0.6) is 0 Å². The Morgan fingerprint density at radius 2 is 1.73 bits per heavy atom. The molecule has 1 aliphatic rings. The van der Waals surface area contributed by atoms with Gasteiger partial charge in [0.1, 0.15) is 11.2 Å². The number of Topliss-reactive ketones (excluding diaryl/α,β-unsaturated/α-hetero) is 1. The molecule has 0 aliphatic carbocycles. The van der Waals surface area contributed by atoms with E-state index in [1.54, 1.807) is 13.8 Å². The van der Waals surface area contributed by atoms with Gasteiger partial charge in [0, 0.05) is 37.4 Å². The van der Waals surface area contributed by atoms with Crippen molar-refractivity contribution >= 4 is 34.4 Å². The van der Waals surface area contributed by atoms with E-state index >= 15 is 0 Å². The van der Waals surface area contributed by atoms with E-state index in [1.165, 1.54) is 0 Å². The number of piperazine rings is 1. The molecule has 0 spiro atoms. The number of ketones is 1. The van der Waals surface area contributed by atoms with Crippen LogP contribution in [0, 0.1) is 6.92 Å². The van der Waals surface area contributed by atoms with Crippen LogP contribution in [-0.4, -0.2) is 59.7 Å². The minimum Gasteiger partial charge on any atom is -0.460 e. The first-order chi connectivity index (χ1) is 14.5. The fraction of sp³-hybridized carbons (Fsp3) is 0.381. The van der Waals surface area contributed by atoms with E-state index in [4.69, 9.17) is 9.26 Å². The number of hydrogen-bond donors (Lipinski definition) is 0. The van der Waals surface area contributed by atoms with Gasteiger partial charge in [-0.15, -0.1) is 0 Å². The normalized spacial score (nSPS) is 14.2. The Labute approximate surface area is 173 Å². The van der Waals surface area contributed by atoms with Crippen molar-refractivity contribution in [3.8, 4) is 0 Å². The second-order valence-electron chi connectivity index (χ2n) is 7.12. The quantitative estimate of drug-likeness (QED) is 0.465. The molecule has 156 valence electrons. The molecule has 1 fully saturated rings. The van der Waals surface area contributed by atoms with E-state index in [1.807, 2.05) is 31.2 Å². The Morgan fingerprint density at radius 1 is 1.07 bits per heavy atom. The lowest BCUT2D eigenvalue weighted by Gasteiger charge is -2.37. The van der Waals surface area contributed by atoms with Gasteiger partial charge in [-0.3, -0.25) is 4.79 Å². The smallest absolute Gasteiger partial charge is 0.376 e. The summed E-state index contributed by atoms with van der Waals surface area (Å²) >= 11 is 0. The molecule has 0 saturated carbocycles. The first kappa shape index (κ1) is 19.8. The van der Waals surface area contributed by atoms with Crippen molar-refractivity contribution in [2.75, 3.05) is 42.6 Å². The van der Waals surface area contributed by atoms with Crippen molar-refractivity contribution in [3.63, 3.8) is 0 Å². The summed E-state index contributed by atoms with van der Waals surface area (Å²) in [5, 5.41) is 4.70. The number of carbonyl (C=O) groups excluding carboxylic acids is 2. The highest BCUT2D eigenvalue weighted by Crippen LogP contribution is 2.29. The number of aromatic nitrogens is 3. The first-order valence-electron chi connectivity index (χ1n) is 9.90. The number of ether oxygens (including phenoxy) is 1. The zero-order chi connectivity index (χ0) is 21.3. The zero-order valence-electron chi connectivity index (χ0n) is 17.2. The molecule has 0 N–H and O–H groups in total. The average molecular weight is 409 g/mol. The van der Waals surface area contributed by atoms with Gasteiger partial charge in [0.15, 0.2) is 5.78 Å². The van der Waals surface area contributed by atoms with Gasteiger partial charge in [0.05, 0.1) is 12.3 Å². The topological polar surface area (TPSA) is 102 Å². The summed E-state index contributed by atoms with van der Waals surface area (Å²) in [5.41, 5.74) is 2.73. The number of esters is 1. The number of rotatable bonds is 5. The molecule has 9 heteroatoms. The van der Waals surface area contributed by atoms with Crippen LogP contribution in [-0.2, 0) is 4.74 Å². The van der Waals surface area contributed by atoms with E-state index in [9.17, 15) is 9.59 Å². The molecular formula is C21H23N5O4. The predicted octanol–water partition coefficient (Wildman–Crippen LogP) is 2.63. The second-order valence-corrected chi connectivity index (χ2v) is 7.12. The van der Waals surface area contributed by atoms with Gasteiger partial charge in [-0.25, -0.2) is 9.78 Å². The van der Waals surface area contributed by atoms with Crippen LogP contribution in [0.25, 0.3) is 11.1 Å². The molecule has 0 radical (unpaired) electrons. The number of nitrogens with zero attached hydrogens (tertiary/aromatic N) is 5. The lowest BCUT2D eigenvalue weighted by Crippen LogP contribution is -2.47. The molecular weight excluding hydrogens is 386 g/mol. The van der Waals surface area contributed by atoms with Crippen molar-refractivity contribution in [1.29, 1.82) is 0 Å². The molecule has 30 heavy (non-hydrogen) atoms.